The molecule has 0 amide bonds. The molecule has 0 spiro atoms. The Morgan fingerprint density at radius 2 is 1.75 bits per heavy atom. The van der Waals surface area contributed by atoms with Crippen molar-refractivity contribution in [2.45, 2.75) is 90.2 Å². The van der Waals surface area contributed by atoms with Crippen molar-refractivity contribution in [1.82, 2.24) is 0 Å². The average Bonchev–Trinajstić information content (AvgIpc) is 2.73. The van der Waals surface area contributed by atoms with Crippen molar-refractivity contribution < 1.29 is 42.1 Å². The lowest BCUT2D eigenvalue weighted by Crippen LogP contribution is -2.52. The lowest BCUT2D eigenvalue weighted by atomic mass is 9.92. The van der Waals surface area contributed by atoms with Gasteiger partial charge in [0.25, 0.3) is 0 Å². The first-order valence-electron chi connectivity index (χ1n) is 11.2. The number of alkyl halides is 3. The maximum Gasteiger partial charge on any atom is 0.490 e. The number of carboxylic acid groups (broad SMARTS) is 1. The first kappa shape index (κ1) is 30.4. The van der Waals surface area contributed by atoms with E-state index in [2.05, 4.69) is 26.8 Å². The van der Waals surface area contributed by atoms with Crippen molar-refractivity contribution >= 4 is 11.9 Å². The number of allylic oxidation sites excluding steroid dienone is 1. The van der Waals surface area contributed by atoms with Gasteiger partial charge in [-0.15, -0.1) is 0 Å². The van der Waals surface area contributed by atoms with Gasteiger partial charge in [-0.3, -0.25) is 4.79 Å². The topological polar surface area (TPSA) is 108 Å². The van der Waals surface area contributed by atoms with Gasteiger partial charge in [0.05, 0.1) is 13.2 Å². The molecule has 1 heterocycles. The van der Waals surface area contributed by atoms with Gasteiger partial charge in [0, 0.05) is 12.5 Å². The molecule has 1 aliphatic rings. The van der Waals surface area contributed by atoms with Crippen LogP contribution in [-0.2, 0) is 23.8 Å². The summed E-state index contributed by atoms with van der Waals surface area (Å²) in [4.78, 5) is 20.6. The Bertz CT molecular complexity index is 556. The largest absolute Gasteiger partial charge is 0.490 e. The highest BCUT2D eigenvalue weighted by atomic mass is 19.4. The van der Waals surface area contributed by atoms with Crippen molar-refractivity contribution in [1.29, 1.82) is 0 Å². The molecule has 32 heavy (non-hydrogen) atoms. The van der Waals surface area contributed by atoms with Crippen LogP contribution >= 0.6 is 0 Å². The normalized spacial score (nSPS) is 23.5. The number of carbonyl (C=O) groups is 2. The van der Waals surface area contributed by atoms with Crippen LogP contribution in [0.2, 0.25) is 0 Å². The highest BCUT2D eigenvalue weighted by Gasteiger charge is 2.40. The van der Waals surface area contributed by atoms with Gasteiger partial charge >= 0.3 is 18.1 Å². The van der Waals surface area contributed by atoms with Gasteiger partial charge in [0.1, 0.15) is 12.2 Å². The van der Waals surface area contributed by atoms with Crippen LogP contribution in [0.25, 0.3) is 0 Å². The van der Waals surface area contributed by atoms with Gasteiger partial charge in [0.15, 0.2) is 6.10 Å². The summed E-state index contributed by atoms with van der Waals surface area (Å²) in [5.41, 5.74) is 5.42. The molecule has 0 aromatic carbocycles. The Kier molecular flexibility index (Phi) is 16.0. The Morgan fingerprint density at radius 3 is 2.28 bits per heavy atom. The third-order valence-electron chi connectivity index (χ3n) is 4.75. The highest BCUT2D eigenvalue weighted by Crippen LogP contribution is 2.27. The second kappa shape index (κ2) is 16.9. The number of esters is 1. The first-order chi connectivity index (χ1) is 15.1. The van der Waals surface area contributed by atoms with E-state index in [4.69, 9.17) is 29.8 Å². The zero-order valence-electron chi connectivity index (χ0n) is 19.2. The maximum atomic E-state index is 11.7. The van der Waals surface area contributed by atoms with Crippen molar-refractivity contribution in [3.05, 3.63) is 12.2 Å². The molecule has 1 rings (SSSR count). The van der Waals surface area contributed by atoms with E-state index in [-0.39, 0.29) is 24.7 Å². The van der Waals surface area contributed by atoms with Gasteiger partial charge in [-0.05, 0) is 19.3 Å². The number of nitrogens with two attached hydrogens (primary N) is 1. The zero-order chi connectivity index (χ0) is 24.6. The number of rotatable bonds is 12. The second-order valence-electron chi connectivity index (χ2n) is 7.70. The molecule has 0 aliphatic carbocycles. The zero-order valence-corrected chi connectivity index (χ0v) is 19.2. The van der Waals surface area contributed by atoms with Crippen LogP contribution in [0.1, 0.15) is 65.7 Å². The molecule has 0 saturated carbocycles. The van der Waals surface area contributed by atoms with E-state index in [1.165, 1.54) is 32.1 Å². The van der Waals surface area contributed by atoms with Crippen LogP contribution < -0.4 is 5.73 Å². The van der Waals surface area contributed by atoms with E-state index in [1.807, 2.05) is 6.08 Å². The number of carboxylic acids is 1. The Morgan fingerprint density at radius 1 is 1.12 bits per heavy atom. The Labute approximate surface area is 188 Å². The predicted molar refractivity (Wildman–Crippen MR) is 114 cm³/mol. The molecule has 0 radical (unpaired) electrons. The van der Waals surface area contributed by atoms with Gasteiger partial charge in [-0.1, -0.05) is 58.6 Å². The summed E-state index contributed by atoms with van der Waals surface area (Å²) in [6, 6.07) is 0. The first-order valence-corrected chi connectivity index (χ1v) is 11.2. The van der Waals surface area contributed by atoms with Crippen molar-refractivity contribution in [3.8, 4) is 0 Å². The number of carbonyl (C=O) groups excluding carboxylic acids is 1. The molecule has 7 nitrogen and oxygen atoms in total. The molecule has 188 valence electrons. The van der Waals surface area contributed by atoms with Crippen molar-refractivity contribution in [2.24, 2.45) is 11.7 Å². The minimum Gasteiger partial charge on any atom is -0.475 e. The molecule has 0 unspecified atom stereocenters. The molecule has 1 saturated heterocycles. The fourth-order valence-electron chi connectivity index (χ4n) is 3.07. The summed E-state index contributed by atoms with van der Waals surface area (Å²) >= 11 is 0. The molecule has 0 aromatic heterocycles. The van der Waals surface area contributed by atoms with Gasteiger partial charge in [0.2, 0.25) is 0 Å². The van der Waals surface area contributed by atoms with E-state index in [9.17, 15) is 18.0 Å². The molecule has 1 aliphatic heterocycles. The summed E-state index contributed by atoms with van der Waals surface area (Å²) in [5.74, 6) is -2.99. The minimum absolute atomic E-state index is 0.126. The van der Waals surface area contributed by atoms with Crippen LogP contribution in [0.3, 0.4) is 0 Å². The lowest BCUT2D eigenvalue weighted by molar-refractivity contribution is -0.194. The van der Waals surface area contributed by atoms with Crippen LogP contribution in [0.15, 0.2) is 12.2 Å². The number of ether oxygens (including phenoxy) is 3. The third-order valence-corrected chi connectivity index (χ3v) is 4.75. The number of halogens is 3. The van der Waals surface area contributed by atoms with E-state index >= 15 is 0 Å². The van der Waals surface area contributed by atoms with Crippen LogP contribution in [-0.4, -0.2) is 61.3 Å². The fraction of sp³-hybridized carbons (Fsp3) is 0.818. The molecular formula is C22H38F3NO6. The smallest absolute Gasteiger partial charge is 0.475 e. The second-order valence-corrected chi connectivity index (χ2v) is 7.70. The van der Waals surface area contributed by atoms with Crippen molar-refractivity contribution in [3.63, 3.8) is 0 Å². The maximum absolute atomic E-state index is 11.7. The van der Waals surface area contributed by atoms with Gasteiger partial charge in [-0.25, -0.2) is 4.79 Å². The number of aliphatic carboxylic acids is 1. The fourth-order valence-corrected chi connectivity index (χ4v) is 3.07. The minimum atomic E-state index is -5.08. The average molecular weight is 470 g/mol. The molecular weight excluding hydrogens is 431 g/mol. The summed E-state index contributed by atoms with van der Waals surface area (Å²) < 4.78 is 49.2. The quantitative estimate of drug-likeness (QED) is 0.250. The third kappa shape index (κ3) is 13.0. The highest BCUT2D eigenvalue weighted by molar-refractivity contribution is 5.73. The van der Waals surface area contributed by atoms with Gasteiger partial charge in [-0.2, -0.15) is 13.2 Å². The SMILES string of the molecule is CCCCCCC/C=C\[C@@H]1OC[C@H](C)[C@H](OCCC)[C@@H]1OC(=O)CN.O=C(O)C(F)(F)F. The van der Waals surface area contributed by atoms with Gasteiger partial charge < -0.3 is 25.1 Å². The molecule has 0 aromatic rings. The van der Waals surface area contributed by atoms with E-state index in [1.54, 1.807) is 0 Å². The van der Waals surface area contributed by atoms with E-state index < -0.39 is 24.2 Å². The molecule has 4 atom stereocenters. The van der Waals surface area contributed by atoms with Crippen LogP contribution in [0.5, 0.6) is 0 Å². The molecule has 3 N–H and O–H groups in total. The van der Waals surface area contributed by atoms with E-state index in [0.29, 0.717) is 13.2 Å². The van der Waals surface area contributed by atoms with Crippen LogP contribution in [0.4, 0.5) is 13.2 Å². The van der Waals surface area contributed by atoms with Crippen molar-refractivity contribution in [2.75, 3.05) is 19.8 Å². The molecule has 1 fully saturated rings. The summed E-state index contributed by atoms with van der Waals surface area (Å²) in [5, 5.41) is 7.12. The van der Waals surface area contributed by atoms with E-state index in [0.717, 1.165) is 12.8 Å². The number of hydrogen-bond acceptors (Lipinski definition) is 6. The summed E-state index contributed by atoms with van der Waals surface area (Å²) in [7, 11) is 0. The van der Waals surface area contributed by atoms with Crippen LogP contribution in [0, 0.1) is 5.92 Å². The number of unbranched alkanes of at least 4 members (excludes halogenated alkanes) is 5. The Hall–Kier alpha value is -1.65. The summed E-state index contributed by atoms with van der Waals surface area (Å²) in [6.45, 7) is 7.49. The number of hydrogen-bond donors (Lipinski definition) is 2. The summed E-state index contributed by atoms with van der Waals surface area (Å²) in [6.07, 6.45) is 6.52. The Balaban J connectivity index is 0.00000118. The predicted octanol–water partition coefficient (Wildman–Crippen LogP) is 4.24. The molecule has 0 bridgehead atoms. The monoisotopic (exact) mass is 469 g/mol. The lowest BCUT2D eigenvalue weighted by Gasteiger charge is -2.39. The molecule has 10 heteroatoms. The standard InChI is InChI=1S/C20H37NO4.C2HF3O2/c1-4-6-7-8-9-10-11-12-17-20(25-18(22)14-21)19(23-13-5-2)16(3)15-24-17;3-2(4,5)1(6)7/h11-12,16-17,19-20H,4-10,13-15,21H2,1-3H3;(H,6,7)/b12-11-;/t16-,17-,19-,20+;/m0./s1.